The normalized spacial score (nSPS) is 10.1. The van der Waals surface area contributed by atoms with Crippen LogP contribution in [0.5, 0.6) is 5.88 Å². The SMILES string of the molecule is CCOc1cncc(-c2cnc(C(=O)NC)s2)n1. The maximum Gasteiger partial charge on any atom is 0.280 e. The summed E-state index contributed by atoms with van der Waals surface area (Å²) in [6.45, 7) is 2.41. The Labute approximate surface area is 108 Å². The van der Waals surface area contributed by atoms with Gasteiger partial charge in [0.15, 0.2) is 5.01 Å². The highest BCUT2D eigenvalue weighted by molar-refractivity contribution is 7.16. The number of thiazole rings is 1. The minimum Gasteiger partial charge on any atom is -0.477 e. The lowest BCUT2D eigenvalue weighted by Crippen LogP contribution is -2.17. The van der Waals surface area contributed by atoms with E-state index in [9.17, 15) is 4.79 Å². The lowest BCUT2D eigenvalue weighted by atomic mass is 10.4. The molecule has 0 aliphatic heterocycles. The fraction of sp³-hybridized carbons (Fsp3) is 0.273. The predicted molar refractivity (Wildman–Crippen MR) is 67.7 cm³/mol. The van der Waals surface area contributed by atoms with E-state index >= 15 is 0 Å². The molecule has 1 N–H and O–H groups in total. The third-order valence-electron chi connectivity index (χ3n) is 2.08. The maximum absolute atomic E-state index is 11.4. The summed E-state index contributed by atoms with van der Waals surface area (Å²) in [6, 6.07) is 0. The molecule has 0 bridgehead atoms. The van der Waals surface area contributed by atoms with E-state index < -0.39 is 0 Å². The first-order chi connectivity index (χ1) is 8.74. The second kappa shape index (κ2) is 5.54. The Morgan fingerprint density at radius 3 is 3.00 bits per heavy atom. The molecular weight excluding hydrogens is 252 g/mol. The molecule has 0 saturated heterocycles. The molecule has 94 valence electrons. The number of ether oxygens (including phenoxy) is 1. The van der Waals surface area contributed by atoms with E-state index in [0.717, 1.165) is 4.88 Å². The number of carbonyl (C=O) groups is 1. The molecule has 0 radical (unpaired) electrons. The van der Waals surface area contributed by atoms with Crippen LogP contribution in [-0.2, 0) is 0 Å². The zero-order valence-corrected chi connectivity index (χ0v) is 10.8. The van der Waals surface area contributed by atoms with Crippen LogP contribution in [0.3, 0.4) is 0 Å². The quantitative estimate of drug-likeness (QED) is 0.902. The standard InChI is InChI=1S/C11H12N4O2S/c1-3-17-9-6-13-4-7(15-9)8-5-14-11(18-8)10(16)12-2/h4-6H,3H2,1-2H3,(H,12,16). The van der Waals surface area contributed by atoms with E-state index in [-0.39, 0.29) is 5.91 Å². The Bertz CT molecular complexity index is 555. The molecule has 0 fully saturated rings. The third kappa shape index (κ3) is 2.62. The van der Waals surface area contributed by atoms with Crippen LogP contribution in [0.1, 0.15) is 16.7 Å². The van der Waals surface area contributed by atoms with Crippen molar-refractivity contribution in [1.82, 2.24) is 20.3 Å². The molecule has 0 saturated carbocycles. The van der Waals surface area contributed by atoms with Crippen LogP contribution < -0.4 is 10.1 Å². The van der Waals surface area contributed by atoms with Crippen molar-refractivity contribution in [2.45, 2.75) is 6.92 Å². The van der Waals surface area contributed by atoms with Crippen LogP contribution in [0.2, 0.25) is 0 Å². The van der Waals surface area contributed by atoms with Crippen molar-refractivity contribution >= 4 is 17.2 Å². The number of nitrogens with one attached hydrogen (secondary N) is 1. The number of aromatic nitrogens is 3. The average molecular weight is 264 g/mol. The number of nitrogens with zero attached hydrogens (tertiary/aromatic N) is 3. The van der Waals surface area contributed by atoms with Crippen LogP contribution in [0.4, 0.5) is 0 Å². The molecule has 0 aliphatic rings. The summed E-state index contributed by atoms with van der Waals surface area (Å²) in [7, 11) is 1.57. The predicted octanol–water partition coefficient (Wildman–Crippen LogP) is 1.36. The van der Waals surface area contributed by atoms with Crippen molar-refractivity contribution in [3.05, 3.63) is 23.6 Å². The molecule has 2 heterocycles. The molecule has 0 atom stereocenters. The molecular formula is C11H12N4O2S. The number of rotatable bonds is 4. The van der Waals surface area contributed by atoms with Gasteiger partial charge in [-0.15, -0.1) is 11.3 Å². The summed E-state index contributed by atoms with van der Waals surface area (Å²) in [5, 5.41) is 2.93. The van der Waals surface area contributed by atoms with Crippen molar-refractivity contribution in [3.63, 3.8) is 0 Å². The van der Waals surface area contributed by atoms with Crippen molar-refractivity contribution < 1.29 is 9.53 Å². The smallest absolute Gasteiger partial charge is 0.280 e. The van der Waals surface area contributed by atoms with Gasteiger partial charge in [0.05, 0.1) is 23.9 Å². The van der Waals surface area contributed by atoms with Gasteiger partial charge in [0, 0.05) is 13.2 Å². The van der Waals surface area contributed by atoms with Crippen molar-refractivity contribution in [1.29, 1.82) is 0 Å². The topological polar surface area (TPSA) is 77.0 Å². The van der Waals surface area contributed by atoms with Gasteiger partial charge in [-0.1, -0.05) is 0 Å². The molecule has 2 aromatic rings. The fourth-order valence-electron chi connectivity index (χ4n) is 1.29. The number of hydrogen-bond acceptors (Lipinski definition) is 6. The number of hydrogen-bond donors (Lipinski definition) is 1. The van der Waals surface area contributed by atoms with Gasteiger partial charge in [-0.3, -0.25) is 9.78 Å². The molecule has 18 heavy (non-hydrogen) atoms. The molecule has 1 amide bonds. The van der Waals surface area contributed by atoms with Gasteiger partial charge in [0.2, 0.25) is 5.88 Å². The van der Waals surface area contributed by atoms with Gasteiger partial charge in [0.1, 0.15) is 5.69 Å². The molecule has 7 heteroatoms. The van der Waals surface area contributed by atoms with Crippen LogP contribution in [0.25, 0.3) is 10.6 Å². The molecule has 0 aliphatic carbocycles. The highest BCUT2D eigenvalue weighted by Gasteiger charge is 2.12. The lowest BCUT2D eigenvalue weighted by Gasteiger charge is -2.01. The van der Waals surface area contributed by atoms with E-state index in [2.05, 4.69) is 20.3 Å². The molecule has 6 nitrogen and oxygen atoms in total. The monoisotopic (exact) mass is 264 g/mol. The van der Waals surface area contributed by atoms with Crippen molar-refractivity contribution in [2.75, 3.05) is 13.7 Å². The van der Waals surface area contributed by atoms with Crippen molar-refractivity contribution in [2.24, 2.45) is 0 Å². The third-order valence-corrected chi connectivity index (χ3v) is 3.10. The summed E-state index contributed by atoms with van der Waals surface area (Å²) in [6.07, 6.45) is 4.77. The summed E-state index contributed by atoms with van der Waals surface area (Å²) >= 11 is 1.26. The molecule has 0 spiro atoms. The fourth-order valence-corrected chi connectivity index (χ4v) is 2.11. The first-order valence-corrected chi connectivity index (χ1v) is 6.19. The minimum atomic E-state index is -0.208. The zero-order chi connectivity index (χ0) is 13.0. The molecule has 0 aromatic carbocycles. The minimum absolute atomic E-state index is 0.208. The van der Waals surface area contributed by atoms with Crippen LogP contribution in [0.15, 0.2) is 18.6 Å². The van der Waals surface area contributed by atoms with Gasteiger partial charge in [-0.25, -0.2) is 9.97 Å². The largest absolute Gasteiger partial charge is 0.477 e. The number of carbonyl (C=O) groups excluding carboxylic acids is 1. The van der Waals surface area contributed by atoms with E-state index in [4.69, 9.17) is 4.74 Å². The molecule has 2 aromatic heterocycles. The van der Waals surface area contributed by atoms with Crippen molar-refractivity contribution in [3.8, 4) is 16.5 Å². The van der Waals surface area contributed by atoms with Crippen LogP contribution in [0, 0.1) is 0 Å². The van der Waals surface area contributed by atoms with Crippen LogP contribution in [-0.4, -0.2) is 34.5 Å². The van der Waals surface area contributed by atoms with Gasteiger partial charge in [-0.05, 0) is 6.92 Å². The Balaban J connectivity index is 2.28. The first kappa shape index (κ1) is 12.4. The van der Waals surface area contributed by atoms with E-state index in [1.165, 1.54) is 11.3 Å². The molecule has 0 unspecified atom stereocenters. The highest BCUT2D eigenvalue weighted by atomic mass is 32.1. The van der Waals surface area contributed by atoms with E-state index in [1.807, 2.05) is 6.92 Å². The Kier molecular flexibility index (Phi) is 3.83. The summed E-state index contributed by atoms with van der Waals surface area (Å²) in [4.78, 5) is 24.6. The lowest BCUT2D eigenvalue weighted by molar-refractivity contribution is 0.0962. The van der Waals surface area contributed by atoms with E-state index in [0.29, 0.717) is 23.2 Å². The average Bonchev–Trinajstić information content (AvgIpc) is 2.88. The van der Waals surface area contributed by atoms with Gasteiger partial charge >= 0.3 is 0 Å². The number of amides is 1. The van der Waals surface area contributed by atoms with Crippen LogP contribution >= 0.6 is 11.3 Å². The second-order valence-electron chi connectivity index (χ2n) is 3.28. The zero-order valence-electron chi connectivity index (χ0n) is 10.0. The maximum atomic E-state index is 11.4. The highest BCUT2D eigenvalue weighted by Crippen LogP contribution is 2.25. The van der Waals surface area contributed by atoms with Gasteiger partial charge in [0.25, 0.3) is 5.91 Å². The van der Waals surface area contributed by atoms with Gasteiger partial charge in [-0.2, -0.15) is 0 Å². The van der Waals surface area contributed by atoms with Gasteiger partial charge < -0.3 is 10.1 Å². The Hall–Kier alpha value is -2.02. The first-order valence-electron chi connectivity index (χ1n) is 5.37. The van der Waals surface area contributed by atoms with E-state index in [1.54, 1.807) is 25.6 Å². The Morgan fingerprint density at radius 1 is 1.44 bits per heavy atom. The summed E-state index contributed by atoms with van der Waals surface area (Å²) in [5.41, 5.74) is 0.647. The summed E-state index contributed by atoms with van der Waals surface area (Å²) < 4.78 is 5.27. The summed E-state index contributed by atoms with van der Waals surface area (Å²) in [5.74, 6) is 0.255. The molecule has 2 rings (SSSR count). The Morgan fingerprint density at radius 2 is 2.28 bits per heavy atom. The second-order valence-corrected chi connectivity index (χ2v) is 4.32.